The first-order valence-electron chi connectivity index (χ1n) is 11.4. The zero-order chi connectivity index (χ0) is 23.8. The zero-order valence-corrected chi connectivity index (χ0v) is 20.0. The van der Waals surface area contributed by atoms with Crippen LogP contribution in [-0.4, -0.2) is 41.4 Å². The van der Waals surface area contributed by atoms with E-state index in [0.717, 1.165) is 5.56 Å². The number of rotatable bonds is 4. The topological polar surface area (TPSA) is 78.5 Å². The molecule has 2 aliphatic rings. The highest BCUT2D eigenvalue weighted by Gasteiger charge is 2.52. The number of imide groups is 1. The summed E-state index contributed by atoms with van der Waals surface area (Å²) >= 11 is 6.36. The molecule has 7 heteroatoms. The molecule has 2 aliphatic heterocycles. The van der Waals surface area contributed by atoms with Crippen molar-refractivity contribution >= 4 is 29.4 Å². The van der Waals surface area contributed by atoms with Gasteiger partial charge in [0.2, 0.25) is 0 Å². The fourth-order valence-electron chi connectivity index (χ4n) is 4.87. The Kier molecular flexibility index (Phi) is 6.23. The van der Waals surface area contributed by atoms with E-state index in [4.69, 9.17) is 11.6 Å². The average Bonchev–Trinajstić information content (AvgIpc) is 3.08. The molecule has 2 aromatic rings. The van der Waals surface area contributed by atoms with Crippen molar-refractivity contribution in [3.8, 4) is 0 Å². The molecule has 2 saturated heterocycles. The molecule has 2 aromatic carbocycles. The van der Waals surface area contributed by atoms with E-state index in [0.29, 0.717) is 42.9 Å². The molecule has 174 valence electrons. The Morgan fingerprint density at radius 3 is 2.24 bits per heavy atom. The molecule has 0 unspecified atom stereocenters. The van der Waals surface area contributed by atoms with Gasteiger partial charge in [-0.2, -0.15) is 0 Å². The van der Waals surface area contributed by atoms with Crippen LogP contribution >= 0.6 is 11.6 Å². The molecule has 0 bridgehead atoms. The van der Waals surface area contributed by atoms with Gasteiger partial charge in [0.1, 0.15) is 5.54 Å². The molecular weight excluding hydrogens is 438 g/mol. The summed E-state index contributed by atoms with van der Waals surface area (Å²) in [5, 5.41) is 5.87. The van der Waals surface area contributed by atoms with Crippen LogP contribution in [0.2, 0.25) is 5.02 Å². The van der Waals surface area contributed by atoms with E-state index >= 15 is 0 Å². The Bertz CT molecular complexity index is 1070. The van der Waals surface area contributed by atoms with E-state index < -0.39 is 11.6 Å². The molecule has 4 rings (SSSR count). The van der Waals surface area contributed by atoms with Gasteiger partial charge in [0, 0.05) is 30.1 Å². The van der Waals surface area contributed by atoms with Crippen molar-refractivity contribution in [3.63, 3.8) is 0 Å². The first kappa shape index (κ1) is 23.3. The number of nitrogens with zero attached hydrogens (tertiary/aromatic N) is 1. The number of hydrogen-bond acceptors (Lipinski definition) is 3. The van der Waals surface area contributed by atoms with Crippen molar-refractivity contribution in [2.75, 3.05) is 13.1 Å². The Hall–Kier alpha value is -2.86. The number of urea groups is 1. The van der Waals surface area contributed by atoms with Crippen molar-refractivity contribution in [3.05, 3.63) is 70.2 Å². The summed E-state index contributed by atoms with van der Waals surface area (Å²) in [5.41, 5.74) is 1.63. The summed E-state index contributed by atoms with van der Waals surface area (Å²) in [5.74, 6) is -0.434. The van der Waals surface area contributed by atoms with Gasteiger partial charge in [-0.05, 0) is 53.5 Å². The number of amides is 4. The molecule has 2 heterocycles. The minimum Gasteiger partial charge on any atom is -0.339 e. The molecule has 1 atom stereocenters. The van der Waals surface area contributed by atoms with Crippen molar-refractivity contribution in [2.24, 2.45) is 5.92 Å². The second kappa shape index (κ2) is 8.82. The molecule has 0 spiro atoms. The smallest absolute Gasteiger partial charge is 0.322 e. The number of carbonyl (C=O) groups excluding carboxylic acids is 3. The predicted octanol–water partition coefficient (Wildman–Crippen LogP) is 4.31. The van der Waals surface area contributed by atoms with Crippen molar-refractivity contribution < 1.29 is 14.4 Å². The van der Waals surface area contributed by atoms with Gasteiger partial charge in [0.05, 0.1) is 0 Å². The summed E-state index contributed by atoms with van der Waals surface area (Å²) in [7, 11) is 0. The second-order valence-corrected chi connectivity index (χ2v) is 10.4. The highest BCUT2D eigenvalue weighted by atomic mass is 35.5. The lowest BCUT2D eigenvalue weighted by atomic mass is 9.74. The van der Waals surface area contributed by atoms with Crippen LogP contribution in [0.25, 0.3) is 0 Å². The van der Waals surface area contributed by atoms with Crippen molar-refractivity contribution in [1.29, 1.82) is 0 Å². The van der Waals surface area contributed by atoms with Crippen LogP contribution in [0.5, 0.6) is 0 Å². The number of carbonyl (C=O) groups is 3. The lowest BCUT2D eigenvalue weighted by Crippen LogP contribution is -2.58. The maximum absolute atomic E-state index is 13.1. The number of nitrogens with one attached hydrogen (secondary N) is 2. The molecule has 33 heavy (non-hydrogen) atoms. The molecule has 2 N–H and O–H groups in total. The van der Waals surface area contributed by atoms with E-state index in [1.54, 1.807) is 6.07 Å². The Morgan fingerprint density at radius 2 is 1.70 bits per heavy atom. The number of benzene rings is 2. The zero-order valence-electron chi connectivity index (χ0n) is 19.3. The summed E-state index contributed by atoms with van der Waals surface area (Å²) in [6, 6.07) is 14.7. The number of likely N-dealkylation sites (tertiary alicyclic amines) is 1. The molecule has 0 radical (unpaired) electrons. The summed E-state index contributed by atoms with van der Waals surface area (Å²) in [4.78, 5) is 40.0. The van der Waals surface area contributed by atoms with Crippen molar-refractivity contribution in [1.82, 2.24) is 15.5 Å². The van der Waals surface area contributed by atoms with Crippen molar-refractivity contribution in [2.45, 2.75) is 51.0 Å². The van der Waals surface area contributed by atoms with Crippen LogP contribution in [-0.2, 0) is 16.6 Å². The van der Waals surface area contributed by atoms with E-state index in [1.807, 2.05) is 47.4 Å². The monoisotopic (exact) mass is 467 g/mol. The van der Waals surface area contributed by atoms with Gasteiger partial charge in [-0.25, -0.2) is 4.79 Å². The van der Waals surface area contributed by atoms with E-state index in [1.165, 1.54) is 5.56 Å². The molecule has 0 aromatic heterocycles. The largest absolute Gasteiger partial charge is 0.339 e. The van der Waals surface area contributed by atoms with Gasteiger partial charge < -0.3 is 10.2 Å². The third-order valence-corrected chi connectivity index (χ3v) is 7.24. The minimum absolute atomic E-state index is 0.00558. The van der Waals surface area contributed by atoms with Gasteiger partial charge in [0.15, 0.2) is 0 Å². The SMILES string of the molecule is CC(C)(C)c1ccc(C(=O)N2CCC([C@]3(Cc4ccccc4Cl)NC(=O)NC3=O)CC2)cc1. The first-order chi connectivity index (χ1) is 15.6. The summed E-state index contributed by atoms with van der Waals surface area (Å²) in [6.45, 7) is 7.48. The van der Waals surface area contributed by atoms with E-state index in [-0.39, 0.29) is 23.1 Å². The van der Waals surface area contributed by atoms with Crippen LogP contribution in [0.4, 0.5) is 4.79 Å². The van der Waals surface area contributed by atoms with Gasteiger partial charge in [-0.15, -0.1) is 0 Å². The Labute approximate surface area is 199 Å². The summed E-state index contributed by atoms with van der Waals surface area (Å²) < 4.78 is 0. The van der Waals surface area contributed by atoms with Crippen LogP contribution in [0.3, 0.4) is 0 Å². The molecule has 2 fully saturated rings. The van der Waals surface area contributed by atoms with Crippen LogP contribution in [0, 0.1) is 5.92 Å². The Morgan fingerprint density at radius 1 is 1.06 bits per heavy atom. The van der Waals surface area contributed by atoms with Crippen LogP contribution in [0.15, 0.2) is 48.5 Å². The molecular formula is C26H30ClN3O3. The standard InChI is InChI=1S/C26H30ClN3O3/c1-25(2,3)19-10-8-17(9-11-19)22(31)30-14-12-20(13-15-30)26(23(32)28-24(33)29-26)16-18-6-4-5-7-21(18)27/h4-11,20H,12-16H2,1-3H3,(H2,28,29,32,33)/t26-/m0/s1. The predicted molar refractivity (Wildman–Crippen MR) is 128 cm³/mol. The minimum atomic E-state index is -1.06. The third-order valence-electron chi connectivity index (χ3n) is 6.87. The van der Waals surface area contributed by atoms with Gasteiger partial charge >= 0.3 is 6.03 Å². The maximum atomic E-state index is 13.1. The fourth-order valence-corrected chi connectivity index (χ4v) is 5.08. The maximum Gasteiger partial charge on any atom is 0.322 e. The van der Waals surface area contributed by atoms with Crippen LogP contribution in [0.1, 0.15) is 55.1 Å². The number of hydrogen-bond donors (Lipinski definition) is 2. The van der Waals surface area contributed by atoms with Gasteiger partial charge in [-0.3, -0.25) is 14.9 Å². The molecule has 4 amide bonds. The average molecular weight is 468 g/mol. The lowest BCUT2D eigenvalue weighted by molar-refractivity contribution is -0.126. The first-order valence-corrected chi connectivity index (χ1v) is 11.7. The summed E-state index contributed by atoms with van der Waals surface area (Å²) in [6.07, 6.45) is 1.55. The molecule has 0 saturated carbocycles. The highest BCUT2D eigenvalue weighted by Crippen LogP contribution is 2.35. The Balaban J connectivity index is 1.49. The third kappa shape index (κ3) is 4.62. The second-order valence-electron chi connectivity index (χ2n) is 10.0. The van der Waals surface area contributed by atoms with E-state index in [2.05, 4.69) is 31.4 Å². The quantitative estimate of drug-likeness (QED) is 0.657. The van der Waals surface area contributed by atoms with Gasteiger partial charge in [-0.1, -0.05) is 62.7 Å². The lowest BCUT2D eigenvalue weighted by Gasteiger charge is -2.41. The highest BCUT2D eigenvalue weighted by molar-refractivity contribution is 6.31. The molecule has 0 aliphatic carbocycles. The number of halogens is 1. The van der Waals surface area contributed by atoms with Crippen LogP contribution < -0.4 is 10.6 Å². The van der Waals surface area contributed by atoms with E-state index in [9.17, 15) is 14.4 Å². The number of piperidine rings is 1. The molecule has 6 nitrogen and oxygen atoms in total. The normalized spacial score (nSPS) is 21.6. The fraction of sp³-hybridized carbons (Fsp3) is 0.423. The van der Waals surface area contributed by atoms with Gasteiger partial charge in [0.25, 0.3) is 11.8 Å².